The van der Waals surface area contributed by atoms with Crippen molar-refractivity contribution in [2.45, 2.75) is 26.4 Å². The number of halogens is 2. The largest absolute Gasteiger partial charge is 0.494 e. The van der Waals surface area contributed by atoms with Gasteiger partial charge in [-0.2, -0.15) is 0 Å². The molecule has 1 amide bonds. The molecule has 2 aromatic rings. The van der Waals surface area contributed by atoms with E-state index in [1.807, 2.05) is 6.92 Å². The number of aliphatic hydroxyl groups is 1. The number of amides is 1. The van der Waals surface area contributed by atoms with Gasteiger partial charge in [0, 0.05) is 17.7 Å². The monoisotopic (exact) mass is 335 g/mol. The Hall–Kier alpha value is -2.47. The fourth-order valence-electron chi connectivity index (χ4n) is 2.29. The van der Waals surface area contributed by atoms with Crippen LogP contribution in [0.4, 0.5) is 14.5 Å². The van der Waals surface area contributed by atoms with Gasteiger partial charge in [0.15, 0.2) is 11.6 Å². The second-order valence-corrected chi connectivity index (χ2v) is 5.17. The number of nitrogens with one attached hydrogen (secondary N) is 1. The molecule has 0 aliphatic rings. The van der Waals surface area contributed by atoms with E-state index >= 15 is 0 Å². The molecule has 128 valence electrons. The topological polar surface area (TPSA) is 58.6 Å². The van der Waals surface area contributed by atoms with Crippen molar-refractivity contribution in [1.29, 1.82) is 0 Å². The van der Waals surface area contributed by atoms with Crippen LogP contribution in [0.15, 0.2) is 36.4 Å². The number of aryl methyl sites for hydroxylation is 1. The number of carbonyl (C=O) groups excluding carboxylic acids is 1. The van der Waals surface area contributed by atoms with E-state index in [0.29, 0.717) is 23.6 Å². The van der Waals surface area contributed by atoms with Crippen LogP contribution in [0, 0.1) is 11.6 Å². The van der Waals surface area contributed by atoms with E-state index in [1.165, 1.54) is 12.1 Å². The standard InChI is InChI=1S/C18H19F2NO3/c1-2-24-16-8-7-14(10-13(16)11-22)21-17(23)9-6-12-4-3-5-15(19)18(12)20/h3-5,7-8,10,22H,2,6,9,11H2,1H3,(H,21,23). The van der Waals surface area contributed by atoms with E-state index in [4.69, 9.17) is 4.74 Å². The first kappa shape index (κ1) is 17.9. The van der Waals surface area contributed by atoms with Crippen molar-refractivity contribution in [1.82, 2.24) is 0 Å². The maximum Gasteiger partial charge on any atom is 0.224 e. The molecule has 0 unspecified atom stereocenters. The normalized spacial score (nSPS) is 10.5. The molecule has 2 aromatic carbocycles. The molecule has 0 saturated carbocycles. The first-order valence-electron chi connectivity index (χ1n) is 7.64. The molecule has 0 aliphatic carbocycles. The molecule has 6 heteroatoms. The average Bonchev–Trinajstić information content (AvgIpc) is 2.57. The Bertz CT molecular complexity index is 719. The van der Waals surface area contributed by atoms with Crippen LogP contribution < -0.4 is 10.1 Å². The third-order valence-electron chi connectivity index (χ3n) is 3.47. The summed E-state index contributed by atoms with van der Waals surface area (Å²) in [6, 6.07) is 8.83. The molecular formula is C18H19F2NO3. The van der Waals surface area contributed by atoms with Gasteiger partial charge in [-0.15, -0.1) is 0 Å². The van der Waals surface area contributed by atoms with Gasteiger partial charge in [-0.3, -0.25) is 4.79 Å². The number of aliphatic hydroxyl groups excluding tert-OH is 1. The van der Waals surface area contributed by atoms with E-state index in [0.717, 1.165) is 6.07 Å². The summed E-state index contributed by atoms with van der Waals surface area (Å²) in [6.07, 6.45) is 0.112. The van der Waals surface area contributed by atoms with Gasteiger partial charge in [0.1, 0.15) is 5.75 Å². The fourth-order valence-corrected chi connectivity index (χ4v) is 2.29. The van der Waals surface area contributed by atoms with Crippen LogP contribution in [0.1, 0.15) is 24.5 Å². The summed E-state index contributed by atoms with van der Waals surface area (Å²) in [5.74, 6) is -1.62. The predicted octanol–water partition coefficient (Wildman–Crippen LogP) is 3.43. The average molecular weight is 335 g/mol. The summed E-state index contributed by atoms with van der Waals surface area (Å²) in [5, 5.41) is 12.0. The molecule has 4 nitrogen and oxygen atoms in total. The molecule has 0 fully saturated rings. The van der Waals surface area contributed by atoms with Crippen molar-refractivity contribution in [2.75, 3.05) is 11.9 Å². The van der Waals surface area contributed by atoms with Crippen molar-refractivity contribution in [2.24, 2.45) is 0 Å². The lowest BCUT2D eigenvalue weighted by Gasteiger charge is -2.11. The predicted molar refractivity (Wildman–Crippen MR) is 86.8 cm³/mol. The van der Waals surface area contributed by atoms with Gasteiger partial charge in [0.2, 0.25) is 5.91 Å². The molecule has 0 spiro atoms. The van der Waals surface area contributed by atoms with Gasteiger partial charge in [-0.05, 0) is 43.2 Å². The maximum atomic E-state index is 13.5. The highest BCUT2D eigenvalue weighted by molar-refractivity contribution is 5.91. The first-order valence-corrected chi connectivity index (χ1v) is 7.64. The Kier molecular flexibility index (Phi) is 6.26. The second-order valence-electron chi connectivity index (χ2n) is 5.17. The SMILES string of the molecule is CCOc1ccc(NC(=O)CCc2cccc(F)c2F)cc1CO. The molecule has 2 rings (SSSR count). The van der Waals surface area contributed by atoms with Crippen molar-refractivity contribution in [3.8, 4) is 5.75 Å². The first-order chi connectivity index (χ1) is 11.5. The minimum atomic E-state index is -0.924. The maximum absolute atomic E-state index is 13.5. The third-order valence-corrected chi connectivity index (χ3v) is 3.47. The number of carbonyl (C=O) groups is 1. The lowest BCUT2D eigenvalue weighted by molar-refractivity contribution is -0.116. The zero-order valence-electron chi connectivity index (χ0n) is 13.3. The van der Waals surface area contributed by atoms with Crippen LogP contribution in [0.3, 0.4) is 0 Å². The molecular weight excluding hydrogens is 316 g/mol. The van der Waals surface area contributed by atoms with E-state index in [1.54, 1.807) is 18.2 Å². The van der Waals surface area contributed by atoms with Crippen LogP contribution in [-0.4, -0.2) is 17.6 Å². The molecule has 0 aliphatic heterocycles. The van der Waals surface area contributed by atoms with Gasteiger partial charge < -0.3 is 15.2 Å². The molecule has 0 atom stereocenters. The lowest BCUT2D eigenvalue weighted by Crippen LogP contribution is -2.13. The highest BCUT2D eigenvalue weighted by atomic mass is 19.2. The quantitative estimate of drug-likeness (QED) is 0.815. The molecule has 0 radical (unpaired) electrons. The summed E-state index contributed by atoms with van der Waals surface area (Å²) in [7, 11) is 0. The summed E-state index contributed by atoms with van der Waals surface area (Å²) in [6.45, 7) is 2.09. The Labute approximate surface area is 139 Å². The van der Waals surface area contributed by atoms with Crippen LogP contribution in [0.2, 0.25) is 0 Å². The van der Waals surface area contributed by atoms with Gasteiger partial charge in [0.05, 0.1) is 13.2 Å². The summed E-state index contributed by atoms with van der Waals surface area (Å²) < 4.78 is 32.0. The second kappa shape index (κ2) is 8.40. The number of anilines is 1. The molecule has 0 saturated heterocycles. The van der Waals surface area contributed by atoms with Gasteiger partial charge in [0.25, 0.3) is 0 Å². The van der Waals surface area contributed by atoms with E-state index in [-0.39, 0.29) is 30.9 Å². The smallest absolute Gasteiger partial charge is 0.224 e. The highest BCUT2D eigenvalue weighted by Crippen LogP contribution is 2.23. The molecule has 2 N–H and O–H groups in total. The minimum absolute atomic E-state index is 0.0159. The van der Waals surface area contributed by atoms with Crippen molar-refractivity contribution in [3.63, 3.8) is 0 Å². The Balaban J connectivity index is 1.98. The fraction of sp³-hybridized carbons (Fsp3) is 0.278. The molecule has 0 heterocycles. The zero-order valence-corrected chi connectivity index (χ0v) is 13.3. The lowest BCUT2D eigenvalue weighted by atomic mass is 10.1. The number of hydrogen-bond acceptors (Lipinski definition) is 3. The van der Waals surface area contributed by atoms with Gasteiger partial charge in [-0.25, -0.2) is 8.78 Å². The van der Waals surface area contributed by atoms with E-state index in [9.17, 15) is 18.7 Å². The third kappa shape index (κ3) is 4.52. The van der Waals surface area contributed by atoms with E-state index in [2.05, 4.69) is 5.32 Å². The van der Waals surface area contributed by atoms with Crippen LogP contribution in [0.5, 0.6) is 5.75 Å². The molecule has 0 bridgehead atoms. The Morgan fingerprint density at radius 1 is 1.21 bits per heavy atom. The van der Waals surface area contributed by atoms with Gasteiger partial charge >= 0.3 is 0 Å². The van der Waals surface area contributed by atoms with Crippen molar-refractivity contribution in [3.05, 3.63) is 59.2 Å². The molecule has 0 aromatic heterocycles. The Morgan fingerprint density at radius 3 is 2.71 bits per heavy atom. The highest BCUT2D eigenvalue weighted by Gasteiger charge is 2.11. The molecule has 24 heavy (non-hydrogen) atoms. The summed E-state index contributed by atoms with van der Waals surface area (Å²) in [5.41, 5.74) is 1.23. The van der Waals surface area contributed by atoms with Crippen LogP contribution in [-0.2, 0) is 17.8 Å². The minimum Gasteiger partial charge on any atom is -0.494 e. The van der Waals surface area contributed by atoms with Gasteiger partial charge in [-0.1, -0.05) is 12.1 Å². The number of ether oxygens (including phenoxy) is 1. The summed E-state index contributed by atoms with van der Waals surface area (Å²) >= 11 is 0. The number of hydrogen-bond donors (Lipinski definition) is 2. The zero-order chi connectivity index (χ0) is 17.5. The van der Waals surface area contributed by atoms with Crippen molar-refractivity contribution >= 4 is 11.6 Å². The summed E-state index contributed by atoms with van der Waals surface area (Å²) in [4.78, 5) is 12.0. The van der Waals surface area contributed by atoms with Crippen molar-refractivity contribution < 1.29 is 23.4 Å². The van der Waals surface area contributed by atoms with E-state index < -0.39 is 11.6 Å². The number of rotatable bonds is 7. The Morgan fingerprint density at radius 2 is 2.00 bits per heavy atom. The van der Waals surface area contributed by atoms with Crippen LogP contribution in [0.25, 0.3) is 0 Å². The number of benzene rings is 2. The van der Waals surface area contributed by atoms with Crippen LogP contribution >= 0.6 is 0 Å².